The summed E-state index contributed by atoms with van der Waals surface area (Å²) in [5, 5.41) is 5.57. The summed E-state index contributed by atoms with van der Waals surface area (Å²) in [6.07, 6.45) is 1.94. The van der Waals surface area contributed by atoms with Crippen LogP contribution in [0.5, 0.6) is 0 Å². The predicted molar refractivity (Wildman–Crippen MR) is 126 cm³/mol. The molecule has 6 nitrogen and oxygen atoms in total. The van der Waals surface area contributed by atoms with Gasteiger partial charge in [-0.15, -0.1) is 35.3 Å². The van der Waals surface area contributed by atoms with Gasteiger partial charge in [0.15, 0.2) is 5.96 Å². The molecule has 2 rings (SSSR count). The normalized spacial score (nSPS) is 16.9. The van der Waals surface area contributed by atoms with Crippen LogP contribution in [-0.2, 0) is 16.4 Å². The molecule has 1 aromatic heterocycles. The van der Waals surface area contributed by atoms with Gasteiger partial charge in [-0.25, -0.2) is 8.42 Å². The van der Waals surface area contributed by atoms with E-state index >= 15 is 0 Å². The molecule has 0 spiro atoms. The molecule has 156 valence electrons. The lowest BCUT2D eigenvalue weighted by atomic mass is 9.90. The molecule has 0 saturated carbocycles. The number of hydrogen-bond acceptors (Lipinski definition) is 5. The van der Waals surface area contributed by atoms with Crippen molar-refractivity contribution in [3.05, 3.63) is 22.4 Å². The summed E-state index contributed by atoms with van der Waals surface area (Å²) in [4.78, 5) is 10.6. The van der Waals surface area contributed by atoms with E-state index in [0.717, 1.165) is 38.7 Å². The zero-order valence-electron chi connectivity index (χ0n) is 16.8. The van der Waals surface area contributed by atoms with E-state index in [1.807, 2.05) is 18.4 Å². The monoisotopic (exact) mass is 528 g/mol. The molecule has 0 unspecified atom stereocenters. The first-order valence-electron chi connectivity index (χ1n) is 9.07. The van der Waals surface area contributed by atoms with Crippen LogP contribution < -0.4 is 5.32 Å². The number of nitrogens with zero attached hydrogens (tertiary/aromatic N) is 3. The van der Waals surface area contributed by atoms with Crippen LogP contribution >= 0.6 is 35.3 Å². The average molecular weight is 529 g/mol. The fourth-order valence-corrected chi connectivity index (χ4v) is 4.61. The highest BCUT2D eigenvalue weighted by molar-refractivity contribution is 14.0. The van der Waals surface area contributed by atoms with E-state index in [0.29, 0.717) is 13.0 Å². The quantitative estimate of drug-likeness (QED) is 0.335. The number of nitrogens with one attached hydrogen (secondary N) is 1. The minimum absolute atomic E-state index is 0. The second kappa shape index (κ2) is 11.0. The molecule has 27 heavy (non-hydrogen) atoms. The summed E-state index contributed by atoms with van der Waals surface area (Å²) in [7, 11) is -1.11. The van der Waals surface area contributed by atoms with E-state index in [9.17, 15) is 8.42 Å². The third-order valence-electron chi connectivity index (χ3n) is 4.72. The van der Waals surface area contributed by atoms with Crippen LogP contribution in [0, 0.1) is 5.41 Å². The molecule has 0 aliphatic carbocycles. The predicted octanol–water partition coefficient (Wildman–Crippen LogP) is 2.52. The van der Waals surface area contributed by atoms with Crippen LogP contribution in [0.25, 0.3) is 0 Å². The second-order valence-corrected chi connectivity index (χ2v) is 11.1. The summed E-state index contributed by atoms with van der Waals surface area (Å²) >= 11 is 1.81. The molecule has 0 atom stereocenters. The van der Waals surface area contributed by atoms with Crippen molar-refractivity contribution in [2.75, 3.05) is 51.8 Å². The van der Waals surface area contributed by atoms with Gasteiger partial charge in [-0.1, -0.05) is 19.9 Å². The van der Waals surface area contributed by atoms with Crippen molar-refractivity contribution < 1.29 is 8.42 Å². The smallest absolute Gasteiger partial charge is 0.193 e. The van der Waals surface area contributed by atoms with Crippen molar-refractivity contribution >= 4 is 51.1 Å². The topological polar surface area (TPSA) is 65.0 Å². The van der Waals surface area contributed by atoms with Crippen LogP contribution in [0.3, 0.4) is 0 Å². The highest BCUT2D eigenvalue weighted by Crippen LogP contribution is 2.20. The Labute approximate surface area is 185 Å². The summed E-state index contributed by atoms with van der Waals surface area (Å²) in [5.41, 5.74) is -0.0972. The maximum absolute atomic E-state index is 11.4. The van der Waals surface area contributed by atoms with E-state index in [4.69, 9.17) is 0 Å². The Hall–Kier alpha value is -0.390. The van der Waals surface area contributed by atoms with Crippen LogP contribution in [0.1, 0.15) is 25.1 Å². The first kappa shape index (κ1) is 24.6. The Kier molecular flexibility index (Phi) is 10.0. The Balaban J connectivity index is 0.00000364. The minimum Gasteiger partial charge on any atom is -0.356 e. The van der Waals surface area contributed by atoms with Crippen molar-refractivity contribution in [2.45, 2.75) is 26.8 Å². The first-order valence-corrected chi connectivity index (χ1v) is 12.0. The highest BCUT2D eigenvalue weighted by atomic mass is 127. The van der Waals surface area contributed by atoms with Gasteiger partial charge < -0.3 is 10.2 Å². The Morgan fingerprint density at radius 1 is 1.30 bits per heavy atom. The molecule has 0 bridgehead atoms. The highest BCUT2D eigenvalue weighted by Gasteiger charge is 2.24. The van der Waals surface area contributed by atoms with E-state index in [1.54, 1.807) is 0 Å². The van der Waals surface area contributed by atoms with Crippen molar-refractivity contribution in [2.24, 2.45) is 10.4 Å². The molecule has 1 N–H and O–H groups in total. The molecule has 1 aliphatic heterocycles. The molecule has 2 heterocycles. The van der Waals surface area contributed by atoms with Crippen LogP contribution in [0.15, 0.2) is 22.5 Å². The SMILES string of the molecule is CN=C(NCC(C)(C)CCS(C)(=O)=O)N1CCN(Cc2cccs2)CC1.I. The molecule has 1 fully saturated rings. The number of thiophene rings is 1. The Morgan fingerprint density at radius 2 is 1.96 bits per heavy atom. The Morgan fingerprint density at radius 3 is 2.48 bits per heavy atom. The third kappa shape index (κ3) is 9.10. The van der Waals surface area contributed by atoms with Gasteiger partial charge >= 0.3 is 0 Å². The fourth-order valence-electron chi connectivity index (χ4n) is 2.94. The fraction of sp³-hybridized carbons (Fsp3) is 0.722. The molecular weight excluding hydrogens is 495 g/mol. The number of sulfone groups is 1. The molecule has 0 amide bonds. The number of aliphatic imine (C=N–C) groups is 1. The third-order valence-corrected chi connectivity index (χ3v) is 6.52. The lowest BCUT2D eigenvalue weighted by Gasteiger charge is -2.37. The number of piperazine rings is 1. The van der Waals surface area contributed by atoms with Gasteiger partial charge in [0.05, 0.1) is 5.75 Å². The average Bonchev–Trinajstić information content (AvgIpc) is 3.07. The van der Waals surface area contributed by atoms with Gasteiger partial charge in [0, 0.05) is 57.4 Å². The second-order valence-electron chi connectivity index (χ2n) is 7.79. The molecule has 1 saturated heterocycles. The summed E-state index contributed by atoms with van der Waals surface area (Å²) < 4.78 is 22.8. The van der Waals surface area contributed by atoms with E-state index in [1.165, 1.54) is 11.1 Å². The molecular formula is C18H33IN4O2S2. The summed E-state index contributed by atoms with van der Waals surface area (Å²) in [5.74, 6) is 1.13. The van der Waals surface area contributed by atoms with E-state index < -0.39 is 9.84 Å². The lowest BCUT2D eigenvalue weighted by molar-refractivity contribution is 0.172. The molecule has 0 radical (unpaired) electrons. The summed E-state index contributed by atoms with van der Waals surface area (Å²) in [6, 6.07) is 4.30. The number of hydrogen-bond donors (Lipinski definition) is 1. The maximum atomic E-state index is 11.4. The largest absolute Gasteiger partial charge is 0.356 e. The van der Waals surface area contributed by atoms with Crippen molar-refractivity contribution in [3.63, 3.8) is 0 Å². The number of halogens is 1. The van der Waals surface area contributed by atoms with Crippen molar-refractivity contribution in [1.29, 1.82) is 0 Å². The van der Waals surface area contributed by atoms with Gasteiger partial charge in [0.1, 0.15) is 9.84 Å². The van der Waals surface area contributed by atoms with Gasteiger partial charge in [-0.3, -0.25) is 9.89 Å². The van der Waals surface area contributed by atoms with Crippen LogP contribution in [-0.4, -0.2) is 76.0 Å². The Bertz CT molecular complexity index is 682. The van der Waals surface area contributed by atoms with Crippen LogP contribution in [0.2, 0.25) is 0 Å². The molecule has 9 heteroatoms. The van der Waals surface area contributed by atoms with Crippen molar-refractivity contribution in [3.8, 4) is 0 Å². The molecule has 1 aliphatic rings. The number of rotatable bonds is 7. The van der Waals surface area contributed by atoms with Gasteiger partial charge in [-0.05, 0) is 23.3 Å². The van der Waals surface area contributed by atoms with E-state index in [-0.39, 0.29) is 35.1 Å². The minimum atomic E-state index is -2.92. The van der Waals surface area contributed by atoms with Gasteiger partial charge in [-0.2, -0.15) is 0 Å². The first-order chi connectivity index (χ1) is 12.2. The molecule has 1 aromatic rings. The van der Waals surface area contributed by atoms with Gasteiger partial charge in [0.25, 0.3) is 0 Å². The maximum Gasteiger partial charge on any atom is 0.193 e. The number of guanidine groups is 1. The van der Waals surface area contributed by atoms with Crippen LogP contribution in [0.4, 0.5) is 0 Å². The van der Waals surface area contributed by atoms with E-state index in [2.05, 4.69) is 51.5 Å². The summed E-state index contributed by atoms with van der Waals surface area (Å²) in [6.45, 7) is 9.88. The van der Waals surface area contributed by atoms with Crippen molar-refractivity contribution in [1.82, 2.24) is 15.1 Å². The molecule has 0 aromatic carbocycles. The zero-order valence-corrected chi connectivity index (χ0v) is 20.7. The zero-order chi connectivity index (χ0) is 19.2. The standard InChI is InChI=1S/C18H32N4O2S2.HI/c1-18(2,7-13-26(4,23)24)15-20-17(19-3)22-10-8-21(9-11-22)14-16-6-5-12-25-16;/h5-6,12H,7-11,13-15H2,1-4H3,(H,19,20);1H. The van der Waals surface area contributed by atoms with Gasteiger partial charge in [0.2, 0.25) is 0 Å². The lowest BCUT2D eigenvalue weighted by Crippen LogP contribution is -2.53.